The zero-order chi connectivity index (χ0) is 13.5. The van der Waals surface area contributed by atoms with E-state index < -0.39 is 0 Å². The van der Waals surface area contributed by atoms with Crippen molar-refractivity contribution in [3.63, 3.8) is 0 Å². The van der Waals surface area contributed by atoms with Crippen LogP contribution in [0.4, 0.5) is 5.69 Å². The number of nitrogens with one attached hydrogen (secondary N) is 1. The van der Waals surface area contributed by atoms with Crippen molar-refractivity contribution in [3.8, 4) is 5.75 Å². The van der Waals surface area contributed by atoms with Gasteiger partial charge in [0.2, 0.25) is 0 Å². The summed E-state index contributed by atoms with van der Waals surface area (Å²) in [5.74, 6) is 1.80. The van der Waals surface area contributed by atoms with Crippen molar-refractivity contribution in [2.75, 3.05) is 25.6 Å². The quantitative estimate of drug-likeness (QED) is 0.794. The maximum Gasteiger partial charge on any atom is 0.121 e. The van der Waals surface area contributed by atoms with E-state index in [0.29, 0.717) is 19.3 Å². The van der Waals surface area contributed by atoms with Crippen molar-refractivity contribution in [2.45, 2.75) is 38.6 Å². The van der Waals surface area contributed by atoms with Crippen molar-refractivity contribution in [2.24, 2.45) is 5.92 Å². The van der Waals surface area contributed by atoms with Gasteiger partial charge in [-0.25, -0.2) is 0 Å². The predicted octanol–water partition coefficient (Wildman–Crippen LogP) is 3.70. The minimum atomic E-state index is 0.598. The van der Waals surface area contributed by atoms with Crippen LogP contribution in [0.15, 0.2) is 24.3 Å². The van der Waals surface area contributed by atoms with Gasteiger partial charge in [0.15, 0.2) is 0 Å². The highest BCUT2D eigenvalue weighted by Crippen LogP contribution is 2.27. The molecule has 106 valence electrons. The first-order valence-electron chi connectivity index (χ1n) is 7.26. The Kier molecular flexibility index (Phi) is 5.52. The van der Waals surface area contributed by atoms with Gasteiger partial charge in [0.1, 0.15) is 12.4 Å². The van der Waals surface area contributed by atoms with Crippen LogP contribution in [-0.2, 0) is 4.74 Å². The highest BCUT2D eigenvalue weighted by atomic mass is 16.5. The van der Waals surface area contributed by atoms with Gasteiger partial charge in [0, 0.05) is 24.9 Å². The molecule has 3 nitrogen and oxygen atoms in total. The number of rotatable bonds is 6. The molecule has 1 aromatic rings. The Morgan fingerprint density at radius 1 is 1.16 bits per heavy atom. The first-order chi connectivity index (χ1) is 9.28. The van der Waals surface area contributed by atoms with Crippen LogP contribution in [-0.4, -0.2) is 26.4 Å². The Bertz CT molecular complexity index is 373. The third-order valence-electron chi connectivity index (χ3n) is 3.78. The lowest BCUT2D eigenvalue weighted by atomic mass is 9.87. The summed E-state index contributed by atoms with van der Waals surface area (Å²) in [7, 11) is 1.69. The van der Waals surface area contributed by atoms with Gasteiger partial charge >= 0.3 is 0 Å². The van der Waals surface area contributed by atoms with Crippen molar-refractivity contribution in [1.82, 2.24) is 0 Å². The SMILES string of the molecule is COCCOc1cccc(NC2CCC(C)CC2)c1. The van der Waals surface area contributed by atoms with Gasteiger partial charge in [-0.05, 0) is 43.7 Å². The topological polar surface area (TPSA) is 30.5 Å². The molecule has 0 radical (unpaired) electrons. The number of hydrogen-bond donors (Lipinski definition) is 1. The molecular formula is C16H25NO2. The second-order valence-corrected chi connectivity index (χ2v) is 5.47. The summed E-state index contributed by atoms with van der Waals surface area (Å²) in [6.07, 6.45) is 5.22. The monoisotopic (exact) mass is 263 g/mol. The summed E-state index contributed by atoms with van der Waals surface area (Å²) in [6.45, 7) is 3.57. The molecule has 0 aliphatic heterocycles. The average Bonchev–Trinajstić information content (AvgIpc) is 2.42. The van der Waals surface area contributed by atoms with E-state index in [2.05, 4.69) is 24.4 Å². The molecule has 1 aromatic carbocycles. The van der Waals surface area contributed by atoms with Gasteiger partial charge in [-0.15, -0.1) is 0 Å². The van der Waals surface area contributed by atoms with E-state index in [0.717, 1.165) is 17.4 Å². The summed E-state index contributed by atoms with van der Waals surface area (Å²) in [6, 6.07) is 8.83. The van der Waals surface area contributed by atoms with E-state index in [-0.39, 0.29) is 0 Å². The van der Waals surface area contributed by atoms with Crippen LogP contribution >= 0.6 is 0 Å². The molecule has 1 aliphatic carbocycles. The highest BCUT2D eigenvalue weighted by molar-refractivity contribution is 5.48. The zero-order valence-corrected chi connectivity index (χ0v) is 12.0. The minimum absolute atomic E-state index is 0.598. The van der Waals surface area contributed by atoms with Crippen molar-refractivity contribution in [3.05, 3.63) is 24.3 Å². The van der Waals surface area contributed by atoms with E-state index in [9.17, 15) is 0 Å². The normalized spacial score (nSPS) is 23.1. The Labute approximate surface area is 116 Å². The standard InChI is InChI=1S/C16H25NO2/c1-13-6-8-14(9-7-13)17-15-4-3-5-16(12-15)19-11-10-18-2/h3-5,12-14,17H,6-11H2,1-2H3. The molecule has 0 atom stereocenters. The fourth-order valence-electron chi connectivity index (χ4n) is 2.56. The first kappa shape index (κ1) is 14.2. The molecule has 0 spiro atoms. The molecular weight excluding hydrogens is 238 g/mol. The van der Waals surface area contributed by atoms with Crippen LogP contribution in [0.25, 0.3) is 0 Å². The predicted molar refractivity (Wildman–Crippen MR) is 78.9 cm³/mol. The third-order valence-corrected chi connectivity index (χ3v) is 3.78. The summed E-state index contributed by atoms with van der Waals surface area (Å²) >= 11 is 0. The minimum Gasteiger partial charge on any atom is -0.491 e. The van der Waals surface area contributed by atoms with Crippen LogP contribution < -0.4 is 10.1 Å². The molecule has 0 heterocycles. The van der Waals surface area contributed by atoms with Gasteiger partial charge in [0.25, 0.3) is 0 Å². The second kappa shape index (κ2) is 7.39. The van der Waals surface area contributed by atoms with E-state index >= 15 is 0 Å². The number of methoxy groups -OCH3 is 1. The summed E-state index contributed by atoms with van der Waals surface area (Å²) in [5, 5.41) is 3.62. The largest absolute Gasteiger partial charge is 0.491 e. The van der Waals surface area contributed by atoms with Crippen LogP contribution in [0.1, 0.15) is 32.6 Å². The number of anilines is 1. The summed E-state index contributed by atoms with van der Waals surface area (Å²) in [4.78, 5) is 0. The van der Waals surface area contributed by atoms with Gasteiger partial charge in [-0.1, -0.05) is 13.0 Å². The molecule has 0 amide bonds. The van der Waals surface area contributed by atoms with E-state index in [4.69, 9.17) is 9.47 Å². The molecule has 0 aromatic heterocycles. The van der Waals surface area contributed by atoms with Gasteiger partial charge in [-0.2, -0.15) is 0 Å². The van der Waals surface area contributed by atoms with E-state index in [1.54, 1.807) is 7.11 Å². The van der Waals surface area contributed by atoms with Crippen molar-refractivity contribution in [1.29, 1.82) is 0 Å². The molecule has 1 N–H and O–H groups in total. The van der Waals surface area contributed by atoms with Gasteiger partial charge in [-0.3, -0.25) is 0 Å². The smallest absolute Gasteiger partial charge is 0.121 e. The van der Waals surface area contributed by atoms with Crippen LogP contribution in [0.2, 0.25) is 0 Å². The molecule has 1 saturated carbocycles. The molecule has 0 unspecified atom stereocenters. The van der Waals surface area contributed by atoms with Crippen LogP contribution in [0.3, 0.4) is 0 Å². The summed E-state index contributed by atoms with van der Waals surface area (Å²) in [5.41, 5.74) is 1.16. The molecule has 0 bridgehead atoms. The van der Waals surface area contributed by atoms with Crippen LogP contribution in [0.5, 0.6) is 5.75 Å². The first-order valence-corrected chi connectivity index (χ1v) is 7.26. The van der Waals surface area contributed by atoms with Crippen molar-refractivity contribution < 1.29 is 9.47 Å². The Balaban J connectivity index is 1.84. The van der Waals surface area contributed by atoms with Gasteiger partial charge in [0.05, 0.1) is 6.61 Å². The lowest BCUT2D eigenvalue weighted by molar-refractivity contribution is 0.146. The Hall–Kier alpha value is -1.22. The van der Waals surface area contributed by atoms with Gasteiger partial charge < -0.3 is 14.8 Å². The lowest BCUT2D eigenvalue weighted by Gasteiger charge is -2.27. The molecule has 0 saturated heterocycles. The highest BCUT2D eigenvalue weighted by Gasteiger charge is 2.17. The van der Waals surface area contributed by atoms with E-state index in [1.807, 2.05) is 12.1 Å². The van der Waals surface area contributed by atoms with Crippen LogP contribution in [0, 0.1) is 5.92 Å². The van der Waals surface area contributed by atoms with Crippen molar-refractivity contribution >= 4 is 5.69 Å². The molecule has 3 heteroatoms. The third kappa shape index (κ3) is 4.75. The molecule has 1 aliphatic rings. The second-order valence-electron chi connectivity index (χ2n) is 5.47. The number of hydrogen-bond acceptors (Lipinski definition) is 3. The average molecular weight is 263 g/mol. The zero-order valence-electron chi connectivity index (χ0n) is 12.0. The lowest BCUT2D eigenvalue weighted by Crippen LogP contribution is -2.25. The maximum atomic E-state index is 5.63. The molecule has 2 rings (SSSR count). The fraction of sp³-hybridized carbons (Fsp3) is 0.625. The van der Waals surface area contributed by atoms with E-state index in [1.165, 1.54) is 25.7 Å². The number of ether oxygens (including phenoxy) is 2. The molecule has 19 heavy (non-hydrogen) atoms. The number of benzene rings is 1. The maximum absolute atomic E-state index is 5.63. The Morgan fingerprint density at radius 2 is 1.95 bits per heavy atom. The summed E-state index contributed by atoms with van der Waals surface area (Å²) < 4.78 is 10.6. The Morgan fingerprint density at radius 3 is 2.68 bits per heavy atom. The molecule has 1 fully saturated rings. The fourth-order valence-corrected chi connectivity index (χ4v) is 2.56.